The van der Waals surface area contributed by atoms with E-state index >= 15 is 0 Å². The summed E-state index contributed by atoms with van der Waals surface area (Å²) >= 11 is 9.03. The quantitative estimate of drug-likeness (QED) is 0.492. The second-order valence-electron chi connectivity index (χ2n) is 4.99. The second kappa shape index (κ2) is 8.55. The minimum Gasteiger partial charge on any atom is -1.00 e. The minimum absolute atomic E-state index is 0. The van der Waals surface area contributed by atoms with Crippen LogP contribution in [0, 0.1) is 0 Å². The molecule has 1 unspecified atom stereocenters. The number of halogens is 1. The Labute approximate surface area is 158 Å². The first kappa shape index (κ1) is 18.8. The highest BCUT2D eigenvalue weighted by atomic mass is 35.5. The van der Waals surface area contributed by atoms with Crippen LogP contribution in [0.25, 0.3) is 16.9 Å². The SMILES string of the molecule is CCOc1ccnc(-[n+]2cccc3cccc(C(S)CS)c32)n1.[Cl-]. The van der Waals surface area contributed by atoms with Gasteiger partial charge in [-0.2, -0.15) is 29.8 Å². The van der Waals surface area contributed by atoms with Crippen molar-refractivity contribution in [2.45, 2.75) is 12.2 Å². The van der Waals surface area contributed by atoms with E-state index in [0.29, 0.717) is 24.2 Å². The van der Waals surface area contributed by atoms with E-state index < -0.39 is 0 Å². The number of nitrogens with zero attached hydrogens (tertiary/aromatic N) is 3. The Balaban J connectivity index is 0.00000208. The molecule has 0 aliphatic carbocycles. The number of hydrogen-bond acceptors (Lipinski definition) is 5. The molecule has 1 aromatic carbocycles. The van der Waals surface area contributed by atoms with Crippen LogP contribution in [-0.4, -0.2) is 22.3 Å². The zero-order chi connectivity index (χ0) is 16.2. The normalized spacial score (nSPS) is 11.8. The van der Waals surface area contributed by atoms with Crippen LogP contribution in [0.4, 0.5) is 0 Å². The van der Waals surface area contributed by atoms with Gasteiger partial charge in [-0.05, 0) is 24.0 Å². The van der Waals surface area contributed by atoms with E-state index in [4.69, 9.17) is 4.74 Å². The first-order valence-corrected chi connectivity index (χ1v) is 8.58. The molecule has 0 amide bonds. The smallest absolute Gasteiger partial charge is 0.441 e. The Kier molecular flexibility index (Phi) is 6.71. The number of aromatic nitrogens is 3. The fourth-order valence-corrected chi connectivity index (χ4v) is 2.92. The van der Waals surface area contributed by atoms with Crippen molar-refractivity contribution in [2.75, 3.05) is 12.4 Å². The van der Waals surface area contributed by atoms with E-state index in [-0.39, 0.29) is 17.7 Å². The van der Waals surface area contributed by atoms with Gasteiger partial charge in [-0.1, -0.05) is 23.2 Å². The maximum Gasteiger partial charge on any atom is 0.441 e. The molecule has 3 rings (SSSR count). The number of rotatable bonds is 5. The maximum atomic E-state index is 5.49. The van der Waals surface area contributed by atoms with Crippen molar-refractivity contribution in [3.8, 4) is 11.8 Å². The van der Waals surface area contributed by atoms with Crippen LogP contribution in [0.3, 0.4) is 0 Å². The molecular formula is C17H18ClN3OS2. The summed E-state index contributed by atoms with van der Waals surface area (Å²) in [5, 5.41) is 1.14. The van der Waals surface area contributed by atoms with Gasteiger partial charge < -0.3 is 17.1 Å². The molecule has 0 spiro atoms. The lowest BCUT2D eigenvalue weighted by atomic mass is 10.1. The molecule has 0 saturated carbocycles. The van der Waals surface area contributed by atoms with Crippen LogP contribution in [0.1, 0.15) is 17.7 Å². The zero-order valence-electron chi connectivity index (χ0n) is 13.1. The number of benzene rings is 1. The summed E-state index contributed by atoms with van der Waals surface area (Å²) in [6.45, 7) is 2.50. The number of para-hydroxylation sites is 1. The van der Waals surface area contributed by atoms with Crippen LogP contribution >= 0.6 is 25.3 Å². The number of ether oxygens (including phenoxy) is 1. The Hall–Kier alpha value is -1.50. The summed E-state index contributed by atoms with van der Waals surface area (Å²) in [6.07, 6.45) is 3.66. The van der Waals surface area contributed by atoms with Gasteiger partial charge in [0.15, 0.2) is 0 Å². The van der Waals surface area contributed by atoms with Gasteiger partial charge >= 0.3 is 5.95 Å². The third kappa shape index (κ3) is 3.77. The topological polar surface area (TPSA) is 38.9 Å². The maximum absolute atomic E-state index is 5.49. The highest BCUT2D eigenvalue weighted by Gasteiger charge is 2.19. The van der Waals surface area contributed by atoms with Gasteiger partial charge in [0.05, 0.1) is 18.9 Å². The average molecular weight is 380 g/mol. The molecule has 0 N–H and O–H groups in total. The lowest BCUT2D eigenvalue weighted by molar-refractivity contribution is -0.575. The van der Waals surface area contributed by atoms with Crippen LogP contribution in [0.2, 0.25) is 0 Å². The van der Waals surface area contributed by atoms with E-state index in [1.54, 1.807) is 12.3 Å². The van der Waals surface area contributed by atoms with Crippen molar-refractivity contribution in [3.05, 3.63) is 54.4 Å². The third-order valence-electron chi connectivity index (χ3n) is 3.51. The molecule has 0 radical (unpaired) electrons. The van der Waals surface area contributed by atoms with Crippen molar-refractivity contribution in [1.82, 2.24) is 9.97 Å². The molecule has 7 heteroatoms. The van der Waals surface area contributed by atoms with Crippen molar-refractivity contribution < 1.29 is 21.7 Å². The standard InChI is InChI=1S/C17H17N3OS2.ClH/c1-2-21-15-8-9-18-17(19-15)20-10-4-6-12-5-3-7-13(16(12)20)14(23)11-22;/h3-10,14H,2,11H2,1H3,(H-,22,23);1H. The van der Waals surface area contributed by atoms with Crippen molar-refractivity contribution >= 4 is 36.2 Å². The zero-order valence-corrected chi connectivity index (χ0v) is 15.7. The molecule has 0 bridgehead atoms. The van der Waals surface area contributed by atoms with Gasteiger partial charge in [0.1, 0.15) is 11.7 Å². The van der Waals surface area contributed by atoms with Gasteiger partial charge in [0.2, 0.25) is 0 Å². The summed E-state index contributed by atoms with van der Waals surface area (Å²) in [7, 11) is 0. The third-order valence-corrected chi connectivity index (χ3v) is 4.62. The van der Waals surface area contributed by atoms with Gasteiger partial charge in [0.25, 0.3) is 5.88 Å². The largest absolute Gasteiger partial charge is 1.00 e. The molecule has 0 aliphatic rings. The van der Waals surface area contributed by atoms with E-state index in [1.807, 2.05) is 29.8 Å². The minimum atomic E-state index is 0. The predicted molar refractivity (Wildman–Crippen MR) is 97.8 cm³/mol. The summed E-state index contributed by atoms with van der Waals surface area (Å²) in [4.78, 5) is 8.89. The Morgan fingerprint density at radius 3 is 2.75 bits per heavy atom. The molecule has 0 fully saturated rings. The Morgan fingerprint density at radius 1 is 1.21 bits per heavy atom. The summed E-state index contributed by atoms with van der Waals surface area (Å²) < 4.78 is 7.46. The summed E-state index contributed by atoms with van der Waals surface area (Å²) in [5.74, 6) is 1.79. The molecule has 24 heavy (non-hydrogen) atoms. The highest BCUT2D eigenvalue weighted by molar-refractivity contribution is 7.84. The molecule has 3 aromatic rings. The average Bonchev–Trinajstić information content (AvgIpc) is 2.60. The highest BCUT2D eigenvalue weighted by Crippen LogP contribution is 2.27. The van der Waals surface area contributed by atoms with E-state index in [1.165, 1.54) is 0 Å². The van der Waals surface area contributed by atoms with E-state index in [0.717, 1.165) is 16.5 Å². The van der Waals surface area contributed by atoms with E-state index in [9.17, 15) is 0 Å². The van der Waals surface area contributed by atoms with Crippen molar-refractivity contribution in [3.63, 3.8) is 0 Å². The first-order chi connectivity index (χ1) is 11.2. The van der Waals surface area contributed by atoms with Gasteiger partial charge in [-0.15, -0.1) is 0 Å². The fraction of sp³-hybridized carbons (Fsp3) is 0.235. The van der Waals surface area contributed by atoms with Crippen LogP contribution in [0.5, 0.6) is 5.88 Å². The van der Waals surface area contributed by atoms with Gasteiger partial charge in [-0.25, -0.2) is 0 Å². The lowest BCUT2D eigenvalue weighted by Crippen LogP contribution is -3.00. The van der Waals surface area contributed by atoms with Crippen LogP contribution in [-0.2, 0) is 0 Å². The lowest BCUT2D eigenvalue weighted by Gasteiger charge is -2.12. The molecular weight excluding hydrogens is 362 g/mol. The molecule has 1 atom stereocenters. The second-order valence-corrected chi connectivity index (χ2v) is 5.98. The van der Waals surface area contributed by atoms with Crippen molar-refractivity contribution in [1.29, 1.82) is 0 Å². The number of fused-ring (bicyclic) bond motifs is 1. The first-order valence-electron chi connectivity index (χ1n) is 7.43. The van der Waals surface area contributed by atoms with Crippen LogP contribution < -0.4 is 21.7 Å². The Bertz CT molecular complexity index is 827. The predicted octanol–water partition coefficient (Wildman–Crippen LogP) is 0.210. The molecule has 0 saturated heterocycles. The molecule has 126 valence electrons. The van der Waals surface area contributed by atoms with Crippen LogP contribution in [0.15, 0.2) is 48.8 Å². The molecule has 2 aromatic heterocycles. The monoisotopic (exact) mass is 379 g/mol. The molecule has 4 nitrogen and oxygen atoms in total. The fourth-order valence-electron chi connectivity index (χ4n) is 2.51. The summed E-state index contributed by atoms with van der Waals surface area (Å²) in [5.41, 5.74) is 2.14. The van der Waals surface area contributed by atoms with Crippen molar-refractivity contribution in [2.24, 2.45) is 0 Å². The number of thiol groups is 2. The molecule has 2 heterocycles. The van der Waals surface area contributed by atoms with Gasteiger partial charge in [0, 0.05) is 22.0 Å². The van der Waals surface area contributed by atoms with E-state index in [2.05, 4.69) is 53.4 Å². The Morgan fingerprint density at radius 2 is 2.00 bits per heavy atom. The number of hydrogen-bond donors (Lipinski definition) is 2. The number of pyridine rings is 1. The van der Waals surface area contributed by atoms with Gasteiger partial charge in [-0.3, -0.25) is 0 Å². The summed E-state index contributed by atoms with van der Waals surface area (Å²) in [6, 6.07) is 12.0. The molecule has 0 aliphatic heterocycles.